The Bertz CT molecular complexity index is 2510. The SMILES string of the molecule is CC(C)(C)c1ccnc(-n2c3ccc(C(C)(C)C)cc3c3ccc(Oc4cccc(N5C=CN(c6cccc(C(C)(C)c7ccccc7)c6)C5)c4)cc32)c1. The number of rotatable bonds is 7. The van der Waals surface area contributed by atoms with E-state index in [0.717, 1.165) is 34.0 Å². The number of hydrogen-bond donors (Lipinski definition) is 0. The molecule has 2 aromatic heterocycles. The Morgan fingerprint density at radius 1 is 0.500 bits per heavy atom. The molecule has 0 aliphatic carbocycles. The molecule has 0 atom stereocenters. The Morgan fingerprint density at radius 2 is 1.15 bits per heavy atom. The summed E-state index contributed by atoms with van der Waals surface area (Å²) in [4.78, 5) is 9.44. The molecule has 0 bridgehead atoms. The molecule has 0 saturated carbocycles. The quantitative estimate of drug-likeness (QED) is 0.165. The molecule has 1 aliphatic rings. The van der Waals surface area contributed by atoms with Crippen LogP contribution in [0.1, 0.15) is 77.6 Å². The minimum Gasteiger partial charge on any atom is -0.457 e. The summed E-state index contributed by atoms with van der Waals surface area (Å²) in [6, 6.07) is 45.6. The van der Waals surface area contributed by atoms with Gasteiger partial charge >= 0.3 is 0 Å². The smallest absolute Gasteiger partial charge is 0.137 e. The van der Waals surface area contributed by atoms with Gasteiger partial charge in [0.2, 0.25) is 0 Å². The van der Waals surface area contributed by atoms with E-state index in [1.54, 1.807) is 0 Å². The third-order valence-corrected chi connectivity index (χ3v) is 11.0. The van der Waals surface area contributed by atoms with E-state index in [0.29, 0.717) is 6.67 Å². The second kappa shape index (κ2) is 13.2. The van der Waals surface area contributed by atoms with Crippen molar-refractivity contribution < 1.29 is 4.74 Å². The van der Waals surface area contributed by atoms with Crippen LogP contribution in [0.4, 0.5) is 11.4 Å². The van der Waals surface area contributed by atoms with Gasteiger partial charge in [-0.3, -0.25) is 4.57 Å². The molecule has 0 radical (unpaired) electrons. The molecule has 5 aromatic carbocycles. The minimum atomic E-state index is -0.105. The monoisotopic (exact) mass is 710 g/mol. The summed E-state index contributed by atoms with van der Waals surface area (Å²) in [6.45, 7) is 18.8. The average molecular weight is 711 g/mol. The van der Waals surface area contributed by atoms with Crippen LogP contribution in [0.3, 0.4) is 0 Å². The van der Waals surface area contributed by atoms with Crippen LogP contribution >= 0.6 is 0 Å². The summed E-state index contributed by atoms with van der Waals surface area (Å²) < 4.78 is 8.93. The van der Waals surface area contributed by atoms with Crippen molar-refractivity contribution in [1.29, 1.82) is 0 Å². The molecule has 0 unspecified atom stereocenters. The van der Waals surface area contributed by atoms with Crippen LogP contribution < -0.4 is 14.5 Å². The van der Waals surface area contributed by atoms with Crippen LogP contribution in [0.5, 0.6) is 11.5 Å². The van der Waals surface area contributed by atoms with Gasteiger partial charge in [0.1, 0.15) is 17.3 Å². The van der Waals surface area contributed by atoms with Crippen LogP contribution in [0, 0.1) is 0 Å². The van der Waals surface area contributed by atoms with Crippen LogP contribution in [0.2, 0.25) is 0 Å². The predicted octanol–water partition coefficient (Wildman–Crippen LogP) is 12.6. The maximum atomic E-state index is 6.64. The lowest BCUT2D eigenvalue weighted by Crippen LogP contribution is -2.25. The highest BCUT2D eigenvalue weighted by molar-refractivity contribution is 6.09. The lowest BCUT2D eigenvalue weighted by atomic mass is 9.78. The van der Waals surface area contributed by atoms with E-state index in [4.69, 9.17) is 9.72 Å². The van der Waals surface area contributed by atoms with Crippen molar-refractivity contribution in [2.24, 2.45) is 0 Å². The van der Waals surface area contributed by atoms with E-state index in [-0.39, 0.29) is 16.2 Å². The summed E-state index contributed by atoms with van der Waals surface area (Å²) in [6.07, 6.45) is 6.23. The summed E-state index contributed by atoms with van der Waals surface area (Å²) in [7, 11) is 0. The highest BCUT2D eigenvalue weighted by Gasteiger charge is 2.25. The van der Waals surface area contributed by atoms with Crippen molar-refractivity contribution in [1.82, 2.24) is 9.55 Å². The summed E-state index contributed by atoms with van der Waals surface area (Å²) in [5.74, 6) is 2.48. The zero-order chi connectivity index (χ0) is 37.8. The second-order valence-corrected chi connectivity index (χ2v) is 17.2. The molecular formula is C49H50N4O. The van der Waals surface area contributed by atoms with Crippen molar-refractivity contribution in [3.05, 3.63) is 168 Å². The van der Waals surface area contributed by atoms with Crippen LogP contribution in [0.25, 0.3) is 27.6 Å². The Hall–Kier alpha value is -5.81. The number of ether oxygens (including phenoxy) is 1. The molecule has 272 valence electrons. The van der Waals surface area contributed by atoms with Crippen molar-refractivity contribution >= 4 is 33.2 Å². The minimum absolute atomic E-state index is 0.0000241. The molecule has 5 nitrogen and oxygen atoms in total. The lowest BCUT2D eigenvalue weighted by Gasteiger charge is -2.28. The van der Waals surface area contributed by atoms with Crippen molar-refractivity contribution in [2.75, 3.05) is 16.5 Å². The fraction of sp³-hybridized carbons (Fsp3) is 0.245. The van der Waals surface area contributed by atoms with Gasteiger partial charge < -0.3 is 14.5 Å². The van der Waals surface area contributed by atoms with E-state index < -0.39 is 0 Å². The van der Waals surface area contributed by atoms with Crippen LogP contribution in [0.15, 0.2) is 146 Å². The number of hydrogen-bond acceptors (Lipinski definition) is 4. The maximum absolute atomic E-state index is 6.64. The highest BCUT2D eigenvalue weighted by atomic mass is 16.5. The summed E-state index contributed by atoms with van der Waals surface area (Å²) in [5.41, 5.74) is 9.52. The zero-order valence-electron chi connectivity index (χ0n) is 32.8. The van der Waals surface area contributed by atoms with Gasteiger partial charge in [0, 0.05) is 58.3 Å². The number of anilines is 2. The molecule has 54 heavy (non-hydrogen) atoms. The molecule has 8 rings (SSSR count). The molecule has 0 N–H and O–H groups in total. The third kappa shape index (κ3) is 6.64. The van der Waals surface area contributed by atoms with E-state index >= 15 is 0 Å². The summed E-state index contributed by atoms with van der Waals surface area (Å²) in [5, 5.41) is 2.40. The standard InChI is InChI=1S/C49H50N4O/c1-47(2,3)35-20-23-44-43(29-35)42-22-21-41(32-45(42)53(44)46-30-36(24-25-50-46)48(4,5)6)54-40-19-13-18-39(31-40)52-27-26-51(33-52)38-17-12-16-37(28-38)49(7,8)34-14-10-9-11-15-34/h9-32H,33H2,1-8H3. The van der Waals surface area contributed by atoms with Gasteiger partial charge in [0.05, 0.1) is 17.7 Å². The van der Waals surface area contributed by atoms with E-state index in [2.05, 4.69) is 203 Å². The number of fused-ring (bicyclic) bond motifs is 3. The van der Waals surface area contributed by atoms with Crippen molar-refractivity contribution in [3.63, 3.8) is 0 Å². The Balaban J connectivity index is 1.09. The number of benzene rings is 5. The Kier molecular flexibility index (Phi) is 8.64. The number of aromatic nitrogens is 2. The lowest BCUT2D eigenvalue weighted by molar-refractivity contribution is 0.483. The molecular weight excluding hydrogens is 661 g/mol. The van der Waals surface area contributed by atoms with Gasteiger partial charge in [-0.15, -0.1) is 0 Å². The molecule has 3 heterocycles. The first-order chi connectivity index (χ1) is 25.8. The Morgan fingerprint density at radius 3 is 1.87 bits per heavy atom. The first-order valence-corrected chi connectivity index (χ1v) is 19.0. The molecule has 7 aromatic rings. The van der Waals surface area contributed by atoms with Crippen LogP contribution in [-0.4, -0.2) is 16.2 Å². The molecule has 1 aliphatic heterocycles. The summed E-state index contributed by atoms with van der Waals surface area (Å²) >= 11 is 0. The third-order valence-electron chi connectivity index (χ3n) is 11.0. The average Bonchev–Trinajstić information content (AvgIpc) is 3.78. The predicted molar refractivity (Wildman–Crippen MR) is 226 cm³/mol. The maximum Gasteiger partial charge on any atom is 0.137 e. The number of pyridine rings is 1. The van der Waals surface area contributed by atoms with Gasteiger partial charge in [0.15, 0.2) is 0 Å². The van der Waals surface area contributed by atoms with Gasteiger partial charge in [-0.2, -0.15) is 0 Å². The van der Waals surface area contributed by atoms with E-state index in [9.17, 15) is 0 Å². The van der Waals surface area contributed by atoms with Crippen molar-refractivity contribution in [2.45, 2.75) is 71.6 Å². The molecule has 0 fully saturated rings. The molecule has 0 spiro atoms. The largest absolute Gasteiger partial charge is 0.457 e. The Labute approximate surface area is 320 Å². The first-order valence-electron chi connectivity index (χ1n) is 19.0. The van der Waals surface area contributed by atoms with Crippen molar-refractivity contribution in [3.8, 4) is 17.3 Å². The number of nitrogens with zero attached hydrogens (tertiary/aromatic N) is 4. The first kappa shape index (κ1) is 35.2. The molecule has 0 saturated heterocycles. The van der Waals surface area contributed by atoms with Gasteiger partial charge in [-0.05, 0) is 93.7 Å². The highest BCUT2D eigenvalue weighted by Crippen LogP contribution is 2.39. The fourth-order valence-electron chi connectivity index (χ4n) is 7.50. The molecule has 5 heteroatoms. The topological polar surface area (TPSA) is 33.5 Å². The van der Waals surface area contributed by atoms with E-state index in [1.165, 1.54) is 38.7 Å². The van der Waals surface area contributed by atoms with Gasteiger partial charge in [0.25, 0.3) is 0 Å². The van der Waals surface area contributed by atoms with Crippen LogP contribution in [-0.2, 0) is 16.2 Å². The van der Waals surface area contributed by atoms with Gasteiger partial charge in [-0.1, -0.05) is 110 Å². The molecule has 0 amide bonds. The van der Waals surface area contributed by atoms with E-state index in [1.807, 2.05) is 12.3 Å². The fourth-order valence-corrected chi connectivity index (χ4v) is 7.50. The normalized spacial score (nSPS) is 13.7. The van der Waals surface area contributed by atoms with Gasteiger partial charge in [-0.25, -0.2) is 4.98 Å². The zero-order valence-corrected chi connectivity index (χ0v) is 32.8. The second-order valence-electron chi connectivity index (χ2n) is 17.2.